The van der Waals surface area contributed by atoms with Crippen LogP contribution >= 0.6 is 0 Å². The van der Waals surface area contributed by atoms with E-state index in [2.05, 4.69) is 12.2 Å². The number of benzene rings is 1. The van der Waals surface area contributed by atoms with Crippen molar-refractivity contribution in [1.82, 2.24) is 10.2 Å². The van der Waals surface area contributed by atoms with Gasteiger partial charge in [-0.2, -0.15) is 0 Å². The average molecular weight is 282 g/mol. The maximum Gasteiger partial charge on any atom is 0.227 e. The summed E-state index contributed by atoms with van der Waals surface area (Å²) >= 11 is 0. The van der Waals surface area contributed by atoms with Gasteiger partial charge in [-0.05, 0) is 31.0 Å². The van der Waals surface area contributed by atoms with Crippen LogP contribution in [0.1, 0.15) is 18.9 Å². The molecule has 1 saturated heterocycles. The third-order valence-corrected chi connectivity index (χ3v) is 3.99. The molecule has 0 bridgehead atoms. The predicted octanol–water partition coefficient (Wildman–Crippen LogP) is 1.96. The number of nitrogens with zero attached hydrogens (tertiary/aromatic N) is 1. The van der Waals surface area contributed by atoms with Gasteiger partial charge in [0.05, 0.1) is 6.42 Å². The van der Waals surface area contributed by atoms with Crippen molar-refractivity contribution in [2.75, 3.05) is 20.1 Å². The van der Waals surface area contributed by atoms with Gasteiger partial charge in [0.1, 0.15) is 11.6 Å². The summed E-state index contributed by atoms with van der Waals surface area (Å²) in [5, 5.41) is 3.24. The van der Waals surface area contributed by atoms with Crippen LogP contribution in [0.25, 0.3) is 0 Å². The summed E-state index contributed by atoms with van der Waals surface area (Å²) in [7, 11) is 1.92. The van der Waals surface area contributed by atoms with E-state index in [9.17, 15) is 13.6 Å². The van der Waals surface area contributed by atoms with Gasteiger partial charge >= 0.3 is 0 Å². The highest BCUT2D eigenvalue weighted by Crippen LogP contribution is 2.18. The van der Waals surface area contributed by atoms with Gasteiger partial charge in [0.15, 0.2) is 0 Å². The smallest absolute Gasteiger partial charge is 0.227 e. The molecule has 2 rings (SSSR count). The Morgan fingerprint density at radius 2 is 2.20 bits per heavy atom. The second-order valence-electron chi connectivity index (χ2n) is 5.41. The van der Waals surface area contributed by atoms with Crippen molar-refractivity contribution in [3.63, 3.8) is 0 Å². The van der Waals surface area contributed by atoms with Crippen molar-refractivity contribution in [2.24, 2.45) is 5.92 Å². The Hall–Kier alpha value is -1.49. The van der Waals surface area contributed by atoms with E-state index in [0.29, 0.717) is 25.0 Å². The Morgan fingerprint density at radius 1 is 1.45 bits per heavy atom. The summed E-state index contributed by atoms with van der Waals surface area (Å²) in [5.74, 6) is -1.01. The fourth-order valence-corrected chi connectivity index (χ4v) is 2.74. The van der Waals surface area contributed by atoms with E-state index in [0.717, 1.165) is 12.5 Å². The molecule has 1 aromatic rings. The van der Waals surface area contributed by atoms with Crippen LogP contribution in [0.2, 0.25) is 0 Å². The Morgan fingerprint density at radius 3 is 2.80 bits per heavy atom. The third kappa shape index (κ3) is 3.33. The van der Waals surface area contributed by atoms with Crippen LogP contribution in [0.3, 0.4) is 0 Å². The zero-order valence-electron chi connectivity index (χ0n) is 11.8. The van der Waals surface area contributed by atoms with Crippen LogP contribution in [0, 0.1) is 17.6 Å². The maximum absolute atomic E-state index is 13.6. The summed E-state index contributed by atoms with van der Waals surface area (Å²) in [6, 6.07) is 3.76. The molecule has 1 heterocycles. The van der Waals surface area contributed by atoms with Crippen LogP contribution in [0.15, 0.2) is 18.2 Å². The number of likely N-dealkylation sites (tertiary alicyclic amines) is 1. The Labute approximate surface area is 118 Å². The van der Waals surface area contributed by atoms with Gasteiger partial charge in [-0.15, -0.1) is 0 Å². The van der Waals surface area contributed by atoms with Crippen molar-refractivity contribution < 1.29 is 13.6 Å². The first kappa shape index (κ1) is 14.9. The van der Waals surface area contributed by atoms with Crippen LogP contribution < -0.4 is 5.32 Å². The first-order valence-electron chi connectivity index (χ1n) is 6.90. The van der Waals surface area contributed by atoms with E-state index in [1.54, 1.807) is 4.90 Å². The molecule has 1 N–H and O–H groups in total. The molecule has 20 heavy (non-hydrogen) atoms. The van der Waals surface area contributed by atoms with Crippen molar-refractivity contribution in [2.45, 2.75) is 25.8 Å². The number of amides is 1. The van der Waals surface area contributed by atoms with Crippen molar-refractivity contribution in [1.29, 1.82) is 0 Å². The first-order chi connectivity index (χ1) is 9.51. The quantitative estimate of drug-likeness (QED) is 0.919. The zero-order chi connectivity index (χ0) is 14.7. The molecule has 0 saturated carbocycles. The minimum atomic E-state index is -0.656. The minimum absolute atomic E-state index is 0.0109. The molecule has 1 aromatic carbocycles. The number of halogens is 2. The maximum atomic E-state index is 13.6. The number of rotatable bonds is 3. The molecule has 0 aliphatic carbocycles. The highest BCUT2D eigenvalue weighted by Gasteiger charge is 2.27. The van der Waals surface area contributed by atoms with E-state index < -0.39 is 11.6 Å². The van der Waals surface area contributed by atoms with Crippen LogP contribution in [0.4, 0.5) is 8.78 Å². The number of carbonyl (C=O) groups is 1. The molecule has 3 nitrogen and oxygen atoms in total. The molecule has 2 atom stereocenters. The lowest BCUT2D eigenvalue weighted by molar-refractivity contribution is -0.132. The van der Waals surface area contributed by atoms with Gasteiger partial charge in [0, 0.05) is 25.2 Å². The Kier molecular flexibility index (Phi) is 4.70. The minimum Gasteiger partial charge on any atom is -0.342 e. The molecule has 1 amide bonds. The summed E-state index contributed by atoms with van der Waals surface area (Å²) in [5.41, 5.74) is 0.250. The van der Waals surface area contributed by atoms with E-state index in [-0.39, 0.29) is 17.9 Å². The lowest BCUT2D eigenvalue weighted by atomic mass is 9.93. The standard InChI is InChI=1S/C15H20F2N2O/c1-10-9-19(6-5-14(10)18-2)15(20)7-11-3-4-12(16)8-13(11)17/h3-4,8,10,14,18H,5-7,9H2,1-2H3. The molecule has 1 aliphatic rings. The molecule has 0 aromatic heterocycles. The van der Waals surface area contributed by atoms with Crippen LogP contribution in [-0.2, 0) is 11.2 Å². The van der Waals surface area contributed by atoms with Crippen molar-refractivity contribution in [3.8, 4) is 0 Å². The topological polar surface area (TPSA) is 32.3 Å². The van der Waals surface area contributed by atoms with Gasteiger partial charge in [0.25, 0.3) is 0 Å². The molecule has 110 valence electrons. The van der Waals surface area contributed by atoms with Gasteiger partial charge in [-0.1, -0.05) is 13.0 Å². The molecule has 5 heteroatoms. The van der Waals surface area contributed by atoms with E-state index in [1.165, 1.54) is 12.1 Å². The van der Waals surface area contributed by atoms with Crippen molar-refractivity contribution >= 4 is 5.91 Å². The zero-order valence-corrected chi connectivity index (χ0v) is 11.8. The molecule has 0 radical (unpaired) electrons. The molecule has 0 spiro atoms. The third-order valence-electron chi connectivity index (χ3n) is 3.99. The summed E-state index contributed by atoms with van der Waals surface area (Å²) in [6.07, 6.45) is 0.887. The fourth-order valence-electron chi connectivity index (χ4n) is 2.74. The highest BCUT2D eigenvalue weighted by atomic mass is 19.1. The lowest BCUT2D eigenvalue weighted by Crippen LogP contribution is -2.49. The second kappa shape index (κ2) is 6.31. The Bertz CT molecular complexity index is 493. The number of piperidine rings is 1. The van der Waals surface area contributed by atoms with Crippen molar-refractivity contribution in [3.05, 3.63) is 35.4 Å². The fraction of sp³-hybridized carbons (Fsp3) is 0.533. The normalized spacial score (nSPS) is 22.9. The predicted molar refractivity (Wildman–Crippen MR) is 73.3 cm³/mol. The number of nitrogens with one attached hydrogen (secondary N) is 1. The number of hydrogen-bond donors (Lipinski definition) is 1. The first-order valence-corrected chi connectivity index (χ1v) is 6.90. The van der Waals surface area contributed by atoms with E-state index >= 15 is 0 Å². The molecule has 1 aliphatic heterocycles. The van der Waals surface area contributed by atoms with Crippen LogP contribution in [0.5, 0.6) is 0 Å². The SMILES string of the molecule is CNC1CCN(C(=O)Cc2ccc(F)cc2F)CC1C. The molecular weight excluding hydrogens is 262 g/mol. The summed E-state index contributed by atoms with van der Waals surface area (Å²) < 4.78 is 26.4. The number of hydrogen-bond acceptors (Lipinski definition) is 2. The summed E-state index contributed by atoms with van der Waals surface area (Å²) in [4.78, 5) is 14.0. The van der Waals surface area contributed by atoms with Gasteiger partial charge < -0.3 is 10.2 Å². The van der Waals surface area contributed by atoms with Gasteiger partial charge in [-0.25, -0.2) is 8.78 Å². The second-order valence-corrected chi connectivity index (χ2v) is 5.41. The van der Waals surface area contributed by atoms with E-state index in [4.69, 9.17) is 0 Å². The number of carbonyl (C=O) groups excluding carboxylic acids is 1. The molecular formula is C15H20F2N2O. The van der Waals surface area contributed by atoms with E-state index in [1.807, 2.05) is 7.05 Å². The highest BCUT2D eigenvalue weighted by molar-refractivity contribution is 5.79. The average Bonchev–Trinajstić information content (AvgIpc) is 2.41. The van der Waals surface area contributed by atoms with Gasteiger partial charge in [0.2, 0.25) is 5.91 Å². The largest absolute Gasteiger partial charge is 0.342 e. The Balaban J connectivity index is 1.98. The monoisotopic (exact) mass is 282 g/mol. The van der Waals surface area contributed by atoms with Crippen LogP contribution in [-0.4, -0.2) is 37.0 Å². The molecule has 1 fully saturated rings. The molecule has 2 unspecified atom stereocenters. The van der Waals surface area contributed by atoms with Gasteiger partial charge in [-0.3, -0.25) is 4.79 Å². The summed E-state index contributed by atoms with van der Waals surface area (Å²) in [6.45, 7) is 3.45. The lowest BCUT2D eigenvalue weighted by Gasteiger charge is -2.36.